The van der Waals surface area contributed by atoms with E-state index in [1.54, 1.807) is 0 Å². The highest BCUT2D eigenvalue weighted by molar-refractivity contribution is 5.87. The Bertz CT molecular complexity index is 684. The second-order valence-corrected chi connectivity index (χ2v) is 6.11. The van der Waals surface area contributed by atoms with Crippen LogP contribution >= 0.6 is 0 Å². The SMILES string of the molecule is CC(=O)C1(O)CC(O)C(OC(=O)/C=C/c2ccc(O)c(O)c2)[C@H](O)C1. The van der Waals surface area contributed by atoms with Gasteiger partial charge in [-0.05, 0) is 30.7 Å². The zero-order valence-corrected chi connectivity index (χ0v) is 13.5. The van der Waals surface area contributed by atoms with Crippen molar-refractivity contribution < 1.29 is 39.9 Å². The van der Waals surface area contributed by atoms with Gasteiger partial charge in [-0.2, -0.15) is 0 Å². The van der Waals surface area contributed by atoms with Gasteiger partial charge in [0.05, 0.1) is 12.2 Å². The number of ether oxygens (including phenoxy) is 1. The summed E-state index contributed by atoms with van der Waals surface area (Å²) in [6.45, 7) is 1.15. The summed E-state index contributed by atoms with van der Waals surface area (Å²) < 4.78 is 5.00. The van der Waals surface area contributed by atoms with E-state index in [2.05, 4.69) is 0 Å². The molecule has 0 saturated heterocycles. The maximum Gasteiger partial charge on any atom is 0.331 e. The van der Waals surface area contributed by atoms with Crippen molar-refractivity contribution in [3.63, 3.8) is 0 Å². The molecule has 1 aromatic rings. The molecule has 0 amide bonds. The Morgan fingerprint density at radius 3 is 2.28 bits per heavy atom. The quantitative estimate of drug-likeness (QED) is 0.286. The van der Waals surface area contributed by atoms with Crippen molar-refractivity contribution in [3.8, 4) is 11.5 Å². The van der Waals surface area contributed by atoms with Crippen molar-refractivity contribution in [3.05, 3.63) is 29.8 Å². The van der Waals surface area contributed by atoms with E-state index >= 15 is 0 Å². The minimum absolute atomic E-state index is 0.300. The maximum atomic E-state index is 11.9. The van der Waals surface area contributed by atoms with Gasteiger partial charge in [0.15, 0.2) is 23.4 Å². The van der Waals surface area contributed by atoms with Gasteiger partial charge >= 0.3 is 5.97 Å². The van der Waals surface area contributed by atoms with Gasteiger partial charge in [0, 0.05) is 18.9 Å². The Balaban J connectivity index is 2.01. The van der Waals surface area contributed by atoms with Gasteiger partial charge in [0.2, 0.25) is 0 Å². The second-order valence-electron chi connectivity index (χ2n) is 6.11. The third kappa shape index (κ3) is 4.36. The van der Waals surface area contributed by atoms with Crippen LogP contribution in [0.1, 0.15) is 25.3 Å². The number of phenols is 2. The van der Waals surface area contributed by atoms with Crippen molar-refractivity contribution in [1.82, 2.24) is 0 Å². The number of ketones is 1. The lowest BCUT2D eigenvalue weighted by molar-refractivity contribution is -0.186. The van der Waals surface area contributed by atoms with Gasteiger partial charge in [0.1, 0.15) is 5.60 Å². The minimum Gasteiger partial charge on any atom is -0.504 e. The molecule has 0 radical (unpaired) electrons. The smallest absolute Gasteiger partial charge is 0.331 e. The summed E-state index contributed by atoms with van der Waals surface area (Å²) in [6, 6.07) is 3.93. The zero-order valence-electron chi connectivity index (χ0n) is 13.5. The normalized spacial score (nSPS) is 29.5. The summed E-state index contributed by atoms with van der Waals surface area (Å²) >= 11 is 0. The van der Waals surface area contributed by atoms with Crippen LogP contribution in [0.5, 0.6) is 11.5 Å². The average molecular weight is 352 g/mol. The van der Waals surface area contributed by atoms with E-state index in [4.69, 9.17) is 4.74 Å². The first-order valence-corrected chi connectivity index (χ1v) is 7.62. The van der Waals surface area contributed by atoms with E-state index in [0.717, 1.165) is 13.0 Å². The van der Waals surface area contributed by atoms with Crippen LogP contribution in [0.2, 0.25) is 0 Å². The molecule has 0 bridgehead atoms. The fourth-order valence-electron chi connectivity index (χ4n) is 2.69. The van der Waals surface area contributed by atoms with E-state index in [9.17, 15) is 35.1 Å². The third-order valence-corrected chi connectivity index (χ3v) is 4.17. The summed E-state index contributed by atoms with van der Waals surface area (Å²) in [5, 5.41) is 48.6. The monoisotopic (exact) mass is 352 g/mol. The lowest BCUT2D eigenvalue weighted by Gasteiger charge is -2.40. The Hall–Kier alpha value is -2.42. The molecule has 1 aromatic carbocycles. The first-order chi connectivity index (χ1) is 11.6. The number of Topliss-reactive ketones (excluding diaryl/α,β-unsaturated/α-hetero) is 1. The number of benzene rings is 1. The van der Waals surface area contributed by atoms with Gasteiger partial charge in [-0.3, -0.25) is 4.79 Å². The van der Waals surface area contributed by atoms with E-state index < -0.39 is 35.7 Å². The van der Waals surface area contributed by atoms with E-state index in [1.165, 1.54) is 24.3 Å². The molecular weight excluding hydrogens is 332 g/mol. The molecule has 3 unspecified atom stereocenters. The number of aliphatic hydroxyl groups excluding tert-OH is 2. The van der Waals surface area contributed by atoms with E-state index in [1.807, 2.05) is 0 Å². The highest BCUT2D eigenvalue weighted by Gasteiger charge is 2.48. The van der Waals surface area contributed by atoms with E-state index in [-0.39, 0.29) is 24.3 Å². The van der Waals surface area contributed by atoms with Crippen molar-refractivity contribution in [2.75, 3.05) is 0 Å². The lowest BCUT2D eigenvalue weighted by atomic mass is 9.77. The predicted molar refractivity (Wildman–Crippen MR) is 85.6 cm³/mol. The number of aromatic hydroxyl groups is 2. The van der Waals surface area contributed by atoms with Gasteiger partial charge in [-0.1, -0.05) is 6.07 Å². The number of esters is 1. The molecule has 1 fully saturated rings. The highest BCUT2D eigenvalue weighted by atomic mass is 16.6. The van der Waals surface area contributed by atoms with Crippen LogP contribution in [-0.4, -0.2) is 61.2 Å². The summed E-state index contributed by atoms with van der Waals surface area (Å²) in [4.78, 5) is 23.3. The highest BCUT2D eigenvalue weighted by Crippen LogP contribution is 2.31. The molecular formula is C17H20O8. The van der Waals surface area contributed by atoms with Crippen LogP contribution in [0.15, 0.2) is 24.3 Å². The van der Waals surface area contributed by atoms with Gasteiger partial charge in [-0.25, -0.2) is 4.79 Å². The number of carbonyl (C=O) groups is 2. The summed E-state index contributed by atoms with van der Waals surface area (Å²) in [5.74, 6) is -2.09. The van der Waals surface area contributed by atoms with Gasteiger partial charge in [0.25, 0.3) is 0 Å². The third-order valence-electron chi connectivity index (χ3n) is 4.17. The molecule has 25 heavy (non-hydrogen) atoms. The fraction of sp³-hybridized carbons (Fsp3) is 0.412. The van der Waals surface area contributed by atoms with E-state index in [0.29, 0.717) is 5.56 Å². The molecule has 8 heteroatoms. The molecule has 5 N–H and O–H groups in total. The average Bonchev–Trinajstić information content (AvgIpc) is 2.52. The van der Waals surface area contributed by atoms with Crippen LogP contribution in [0.4, 0.5) is 0 Å². The number of hydrogen-bond acceptors (Lipinski definition) is 8. The molecule has 1 aliphatic rings. The van der Waals surface area contributed by atoms with Gasteiger partial charge in [-0.15, -0.1) is 0 Å². The Labute approximate surface area is 143 Å². The molecule has 0 spiro atoms. The first kappa shape index (κ1) is 18.9. The van der Waals surface area contributed by atoms with Crippen molar-refractivity contribution >= 4 is 17.8 Å². The van der Waals surface area contributed by atoms with Crippen molar-refractivity contribution in [1.29, 1.82) is 0 Å². The number of phenolic OH excluding ortho intramolecular Hbond substituents is 2. The Kier molecular flexibility index (Phi) is 5.46. The van der Waals surface area contributed by atoms with Crippen LogP contribution in [0.25, 0.3) is 6.08 Å². The van der Waals surface area contributed by atoms with Crippen LogP contribution in [0.3, 0.4) is 0 Å². The molecule has 0 aromatic heterocycles. The number of aliphatic hydroxyl groups is 3. The Morgan fingerprint density at radius 2 is 1.76 bits per heavy atom. The van der Waals surface area contributed by atoms with Crippen LogP contribution in [0, 0.1) is 0 Å². The molecule has 4 atom stereocenters. The first-order valence-electron chi connectivity index (χ1n) is 7.62. The molecule has 1 aliphatic carbocycles. The fourth-order valence-corrected chi connectivity index (χ4v) is 2.69. The minimum atomic E-state index is -1.85. The van der Waals surface area contributed by atoms with Crippen LogP contribution in [-0.2, 0) is 14.3 Å². The van der Waals surface area contributed by atoms with Gasteiger partial charge < -0.3 is 30.3 Å². The summed E-state index contributed by atoms with van der Waals surface area (Å²) in [7, 11) is 0. The number of rotatable bonds is 4. The largest absolute Gasteiger partial charge is 0.504 e. The number of hydrogen-bond donors (Lipinski definition) is 5. The molecule has 0 heterocycles. The molecule has 2 rings (SSSR count). The molecule has 8 nitrogen and oxygen atoms in total. The standard InChI is InChI=1S/C17H20O8/c1-9(18)17(24)7-13(21)16(14(22)8-17)25-15(23)5-3-10-2-4-11(19)12(20)6-10/h2-6,13-14,16,19-22,24H,7-8H2,1H3/b5-3+/t13-,14?,16?,17?/m1/s1. The second kappa shape index (κ2) is 7.22. The van der Waals surface area contributed by atoms with Crippen molar-refractivity contribution in [2.45, 2.75) is 43.7 Å². The molecule has 136 valence electrons. The number of carbonyl (C=O) groups excluding carboxylic acids is 2. The molecule has 0 aliphatic heterocycles. The Morgan fingerprint density at radius 1 is 1.16 bits per heavy atom. The topological polar surface area (TPSA) is 145 Å². The summed E-state index contributed by atoms with van der Waals surface area (Å²) in [6.07, 6.45) is -2.41. The van der Waals surface area contributed by atoms with Crippen LogP contribution < -0.4 is 0 Å². The molecule has 1 saturated carbocycles. The maximum absolute atomic E-state index is 11.9. The lowest BCUT2D eigenvalue weighted by Crippen LogP contribution is -2.56. The summed E-state index contributed by atoms with van der Waals surface area (Å²) in [5.41, 5.74) is -1.43. The van der Waals surface area contributed by atoms with Crippen molar-refractivity contribution in [2.24, 2.45) is 0 Å². The predicted octanol–water partition coefficient (Wildman–Crippen LogP) is -0.142. The zero-order chi connectivity index (χ0) is 18.8.